The molecule has 2 rings (SSSR count). The first-order valence-corrected chi connectivity index (χ1v) is 6.00. The number of halogens is 2. The Balaban J connectivity index is 2.07. The number of benzene rings is 1. The highest BCUT2D eigenvalue weighted by atomic mass is 35.5. The lowest BCUT2D eigenvalue weighted by Crippen LogP contribution is -2.00. The second kappa shape index (κ2) is 5.39. The molecule has 1 aromatic carbocycles. The second-order valence-electron chi connectivity index (χ2n) is 3.85. The van der Waals surface area contributed by atoms with E-state index in [0.717, 1.165) is 16.8 Å². The summed E-state index contributed by atoms with van der Waals surface area (Å²) >= 11 is 11.9. The lowest BCUT2D eigenvalue weighted by Gasteiger charge is -2.08. The summed E-state index contributed by atoms with van der Waals surface area (Å²) in [5.41, 5.74) is 3.14. The summed E-state index contributed by atoms with van der Waals surface area (Å²) in [6.45, 7) is 2.71. The van der Waals surface area contributed by atoms with Gasteiger partial charge in [0.15, 0.2) is 0 Å². The van der Waals surface area contributed by atoms with Crippen molar-refractivity contribution in [1.29, 1.82) is 0 Å². The van der Waals surface area contributed by atoms with Crippen molar-refractivity contribution < 1.29 is 0 Å². The Bertz CT molecular complexity index is 527. The molecule has 0 amide bonds. The van der Waals surface area contributed by atoms with Crippen LogP contribution < -0.4 is 5.32 Å². The van der Waals surface area contributed by atoms with Crippen molar-refractivity contribution in [2.24, 2.45) is 0 Å². The van der Waals surface area contributed by atoms with Gasteiger partial charge >= 0.3 is 0 Å². The third kappa shape index (κ3) is 3.35. The van der Waals surface area contributed by atoms with Gasteiger partial charge in [-0.2, -0.15) is 0 Å². The molecular formula is C13H12Cl2N2. The number of aromatic nitrogens is 1. The number of hydrogen-bond donors (Lipinski definition) is 1. The molecule has 0 saturated heterocycles. The van der Waals surface area contributed by atoms with E-state index in [0.29, 0.717) is 16.6 Å². The molecule has 0 aliphatic carbocycles. The Morgan fingerprint density at radius 3 is 2.71 bits per heavy atom. The maximum absolute atomic E-state index is 6.06. The van der Waals surface area contributed by atoms with Gasteiger partial charge in [-0.25, -0.2) is 0 Å². The van der Waals surface area contributed by atoms with Crippen LogP contribution in [0.2, 0.25) is 10.0 Å². The third-order valence-electron chi connectivity index (χ3n) is 2.35. The van der Waals surface area contributed by atoms with Crippen molar-refractivity contribution in [2.45, 2.75) is 13.5 Å². The Labute approximate surface area is 111 Å². The highest BCUT2D eigenvalue weighted by molar-refractivity contribution is 6.36. The zero-order chi connectivity index (χ0) is 12.3. The first-order chi connectivity index (χ1) is 8.15. The summed E-state index contributed by atoms with van der Waals surface area (Å²) in [5.74, 6) is 0. The molecule has 1 aromatic heterocycles. The number of nitrogens with one attached hydrogen (secondary N) is 1. The van der Waals surface area contributed by atoms with E-state index in [1.165, 1.54) is 0 Å². The molecule has 0 bridgehead atoms. The van der Waals surface area contributed by atoms with E-state index in [9.17, 15) is 0 Å². The summed E-state index contributed by atoms with van der Waals surface area (Å²) < 4.78 is 0. The average molecular weight is 267 g/mol. The van der Waals surface area contributed by atoms with E-state index in [1.54, 1.807) is 6.07 Å². The molecular weight excluding hydrogens is 255 g/mol. The molecule has 17 heavy (non-hydrogen) atoms. The van der Waals surface area contributed by atoms with Gasteiger partial charge in [0.1, 0.15) is 0 Å². The lowest BCUT2D eigenvalue weighted by molar-refractivity contribution is 1.10. The molecule has 88 valence electrons. The minimum absolute atomic E-state index is 0.623. The van der Waals surface area contributed by atoms with Crippen LogP contribution in [0, 0.1) is 6.92 Å². The van der Waals surface area contributed by atoms with Crippen molar-refractivity contribution in [1.82, 2.24) is 4.98 Å². The second-order valence-corrected chi connectivity index (χ2v) is 4.69. The standard InChI is InChI=1S/C13H12Cl2N2/c1-9-4-10(7-16-6-9)8-17-13-3-2-11(14)5-12(13)15/h2-7,17H,8H2,1H3. The Morgan fingerprint density at radius 1 is 1.18 bits per heavy atom. The largest absolute Gasteiger partial charge is 0.380 e. The topological polar surface area (TPSA) is 24.9 Å². The zero-order valence-corrected chi connectivity index (χ0v) is 10.9. The summed E-state index contributed by atoms with van der Waals surface area (Å²) in [4.78, 5) is 4.14. The summed E-state index contributed by atoms with van der Waals surface area (Å²) in [6, 6.07) is 7.49. The molecule has 4 heteroatoms. The number of hydrogen-bond acceptors (Lipinski definition) is 2. The molecule has 0 aliphatic heterocycles. The van der Waals surface area contributed by atoms with E-state index in [-0.39, 0.29) is 0 Å². The smallest absolute Gasteiger partial charge is 0.0652 e. The van der Waals surface area contributed by atoms with E-state index in [4.69, 9.17) is 23.2 Å². The van der Waals surface area contributed by atoms with Gasteiger partial charge in [0.25, 0.3) is 0 Å². The molecule has 0 fully saturated rings. The lowest BCUT2D eigenvalue weighted by atomic mass is 10.2. The molecule has 0 atom stereocenters. The molecule has 0 radical (unpaired) electrons. The SMILES string of the molecule is Cc1cncc(CNc2ccc(Cl)cc2Cl)c1. The molecule has 0 aliphatic rings. The Kier molecular flexibility index (Phi) is 3.87. The minimum atomic E-state index is 0.623. The fourth-order valence-electron chi connectivity index (χ4n) is 1.54. The number of rotatable bonds is 3. The quantitative estimate of drug-likeness (QED) is 0.896. The molecule has 0 unspecified atom stereocenters. The Hall–Kier alpha value is -1.25. The van der Waals surface area contributed by atoms with Gasteiger partial charge < -0.3 is 5.32 Å². The molecule has 1 N–H and O–H groups in total. The molecule has 2 nitrogen and oxygen atoms in total. The first-order valence-electron chi connectivity index (χ1n) is 5.24. The highest BCUT2D eigenvalue weighted by Crippen LogP contribution is 2.25. The number of nitrogens with zero attached hydrogens (tertiary/aromatic N) is 1. The summed E-state index contributed by atoms with van der Waals surface area (Å²) in [6.07, 6.45) is 3.67. The normalized spacial score (nSPS) is 10.3. The third-order valence-corrected chi connectivity index (χ3v) is 2.89. The van der Waals surface area contributed by atoms with Gasteiger partial charge in [0, 0.05) is 24.0 Å². The van der Waals surface area contributed by atoms with Crippen LogP contribution in [-0.4, -0.2) is 4.98 Å². The van der Waals surface area contributed by atoms with E-state index < -0.39 is 0 Å². The van der Waals surface area contributed by atoms with Crippen LogP contribution in [0.5, 0.6) is 0 Å². The van der Waals surface area contributed by atoms with Crippen LogP contribution in [0.4, 0.5) is 5.69 Å². The van der Waals surface area contributed by atoms with Crippen LogP contribution >= 0.6 is 23.2 Å². The van der Waals surface area contributed by atoms with Crippen LogP contribution in [0.15, 0.2) is 36.7 Å². The van der Waals surface area contributed by atoms with Crippen LogP contribution in [0.1, 0.15) is 11.1 Å². The molecule has 2 aromatic rings. The summed E-state index contributed by atoms with van der Waals surface area (Å²) in [5, 5.41) is 4.51. The number of aryl methyl sites for hydroxylation is 1. The van der Waals surface area contributed by atoms with Gasteiger partial charge in [-0.3, -0.25) is 4.98 Å². The monoisotopic (exact) mass is 266 g/mol. The summed E-state index contributed by atoms with van der Waals surface area (Å²) in [7, 11) is 0. The van der Waals surface area contributed by atoms with Gasteiger partial charge in [-0.15, -0.1) is 0 Å². The van der Waals surface area contributed by atoms with Crippen molar-refractivity contribution in [3.05, 3.63) is 57.8 Å². The zero-order valence-electron chi connectivity index (χ0n) is 9.37. The van der Waals surface area contributed by atoms with Crippen LogP contribution in [-0.2, 0) is 6.54 Å². The Morgan fingerprint density at radius 2 is 2.00 bits per heavy atom. The van der Waals surface area contributed by atoms with Gasteiger partial charge in [-0.1, -0.05) is 29.3 Å². The maximum atomic E-state index is 6.06. The number of anilines is 1. The fourth-order valence-corrected chi connectivity index (χ4v) is 2.02. The predicted molar refractivity (Wildman–Crippen MR) is 72.8 cm³/mol. The molecule has 1 heterocycles. The van der Waals surface area contributed by atoms with E-state index >= 15 is 0 Å². The maximum Gasteiger partial charge on any atom is 0.0652 e. The predicted octanol–water partition coefficient (Wildman–Crippen LogP) is 4.31. The fraction of sp³-hybridized carbons (Fsp3) is 0.154. The average Bonchev–Trinajstić information content (AvgIpc) is 2.28. The minimum Gasteiger partial charge on any atom is -0.380 e. The first kappa shape index (κ1) is 12.2. The van der Waals surface area contributed by atoms with Gasteiger partial charge in [0.05, 0.1) is 10.7 Å². The highest BCUT2D eigenvalue weighted by Gasteiger charge is 2.01. The van der Waals surface area contributed by atoms with Crippen LogP contribution in [0.3, 0.4) is 0 Å². The van der Waals surface area contributed by atoms with Crippen molar-refractivity contribution in [3.8, 4) is 0 Å². The van der Waals surface area contributed by atoms with E-state index in [2.05, 4.69) is 16.4 Å². The van der Waals surface area contributed by atoms with Crippen molar-refractivity contribution in [3.63, 3.8) is 0 Å². The van der Waals surface area contributed by atoms with Gasteiger partial charge in [0.2, 0.25) is 0 Å². The molecule has 0 saturated carbocycles. The van der Waals surface area contributed by atoms with Crippen molar-refractivity contribution in [2.75, 3.05) is 5.32 Å². The van der Waals surface area contributed by atoms with Gasteiger partial charge in [-0.05, 0) is 36.2 Å². The van der Waals surface area contributed by atoms with Crippen LogP contribution in [0.25, 0.3) is 0 Å². The number of pyridine rings is 1. The van der Waals surface area contributed by atoms with E-state index in [1.807, 2.05) is 31.5 Å². The molecule has 0 spiro atoms. The van der Waals surface area contributed by atoms with Crippen molar-refractivity contribution >= 4 is 28.9 Å².